The molecule has 6 nitrogen and oxygen atoms in total. The molecule has 0 spiro atoms. The van der Waals surface area contributed by atoms with Crippen LogP contribution in [0.3, 0.4) is 0 Å². The van der Waals surface area contributed by atoms with Crippen LogP contribution in [-0.2, 0) is 14.6 Å². The zero-order valence-electron chi connectivity index (χ0n) is 12.9. The Morgan fingerprint density at radius 3 is 2.52 bits per heavy atom. The molecule has 1 heterocycles. The molecule has 0 aliphatic rings. The molecule has 0 saturated heterocycles. The second kappa shape index (κ2) is 6.49. The molecule has 1 aromatic heterocycles. The van der Waals surface area contributed by atoms with Gasteiger partial charge in [0.25, 0.3) is 0 Å². The van der Waals surface area contributed by atoms with Gasteiger partial charge in [-0.2, -0.15) is 0 Å². The Kier molecular flexibility index (Phi) is 4.84. The maximum absolute atomic E-state index is 13.8. The Morgan fingerprint density at radius 1 is 1.30 bits per heavy atom. The highest BCUT2D eigenvalue weighted by atomic mass is 32.2. The topological polar surface area (TPSA) is 89.3 Å². The second-order valence-electron chi connectivity index (χ2n) is 5.22. The van der Waals surface area contributed by atoms with E-state index in [1.54, 1.807) is 13.0 Å². The maximum atomic E-state index is 13.8. The number of aromatic nitrogens is 1. The van der Waals surface area contributed by atoms with Crippen molar-refractivity contribution in [3.05, 3.63) is 47.4 Å². The van der Waals surface area contributed by atoms with Crippen molar-refractivity contribution < 1.29 is 22.1 Å². The number of aryl methyl sites for hydroxylation is 1. The van der Waals surface area contributed by atoms with Crippen LogP contribution in [0, 0.1) is 12.7 Å². The highest BCUT2D eigenvalue weighted by molar-refractivity contribution is 7.93. The molecular weight excluding hydrogens is 323 g/mol. The molecule has 2 rings (SSSR count). The second-order valence-corrected chi connectivity index (χ2v) is 7.81. The maximum Gasteiger partial charge on any atom is 0.244 e. The van der Waals surface area contributed by atoms with Gasteiger partial charge in [0.2, 0.25) is 11.8 Å². The van der Waals surface area contributed by atoms with Crippen molar-refractivity contribution >= 4 is 21.6 Å². The minimum absolute atomic E-state index is 0.0302. The molecule has 0 bridgehead atoms. The molecule has 2 unspecified atom stereocenters. The number of hydrogen-bond acceptors (Lipinski definition) is 5. The van der Waals surface area contributed by atoms with Crippen molar-refractivity contribution in [1.29, 1.82) is 0 Å². The Morgan fingerprint density at radius 2 is 1.96 bits per heavy atom. The van der Waals surface area contributed by atoms with Gasteiger partial charge >= 0.3 is 0 Å². The van der Waals surface area contributed by atoms with E-state index < -0.39 is 32.1 Å². The highest BCUT2D eigenvalue weighted by Gasteiger charge is 2.35. The van der Waals surface area contributed by atoms with Gasteiger partial charge in [0.15, 0.2) is 9.84 Å². The standard InChI is InChI=1S/C15H17FN2O4S/c1-9-8-14(22-18-9)17-15(19)11(3)23(20,21)10(2)12-6-4-5-7-13(12)16/h4-8,10-11H,1-3H3,(H,17,19). The van der Waals surface area contributed by atoms with Crippen LogP contribution < -0.4 is 5.32 Å². The third kappa shape index (κ3) is 3.58. The van der Waals surface area contributed by atoms with Crippen molar-refractivity contribution in [2.45, 2.75) is 31.3 Å². The van der Waals surface area contributed by atoms with E-state index in [-0.39, 0.29) is 11.4 Å². The molecule has 1 aromatic carbocycles. The van der Waals surface area contributed by atoms with Crippen LogP contribution in [0.4, 0.5) is 10.3 Å². The number of nitrogens with one attached hydrogen (secondary N) is 1. The number of carbonyl (C=O) groups excluding carboxylic acids is 1. The highest BCUT2D eigenvalue weighted by Crippen LogP contribution is 2.28. The van der Waals surface area contributed by atoms with Gasteiger partial charge in [-0.05, 0) is 26.8 Å². The zero-order valence-corrected chi connectivity index (χ0v) is 13.7. The van der Waals surface area contributed by atoms with E-state index in [0.29, 0.717) is 5.69 Å². The monoisotopic (exact) mass is 340 g/mol. The summed E-state index contributed by atoms with van der Waals surface area (Å²) in [6.45, 7) is 4.28. The zero-order chi connectivity index (χ0) is 17.2. The molecule has 0 radical (unpaired) electrons. The summed E-state index contributed by atoms with van der Waals surface area (Å²) in [5, 5.41) is 3.42. The average molecular weight is 340 g/mol. The van der Waals surface area contributed by atoms with Gasteiger partial charge in [-0.25, -0.2) is 12.8 Å². The van der Waals surface area contributed by atoms with Gasteiger partial charge in [-0.1, -0.05) is 23.4 Å². The number of sulfone groups is 1. The first-order valence-electron chi connectivity index (χ1n) is 6.94. The summed E-state index contributed by atoms with van der Waals surface area (Å²) in [7, 11) is -3.94. The molecule has 0 aliphatic heterocycles. The number of carbonyl (C=O) groups is 1. The largest absolute Gasteiger partial charge is 0.338 e. The lowest BCUT2D eigenvalue weighted by Crippen LogP contribution is -2.35. The van der Waals surface area contributed by atoms with E-state index in [2.05, 4.69) is 10.5 Å². The normalized spacial score (nSPS) is 14.3. The van der Waals surface area contributed by atoms with E-state index >= 15 is 0 Å². The number of benzene rings is 1. The summed E-state index contributed by atoms with van der Waals surface area (Å²) in [6, 6.07) is 7.07. The third-order valence-electron chi connectivity index (χ3n) is 3.57. The summed E-state index contributed by atoms with van der Waals surface area (Å²) >= 11 is 0. The Balaban J connectivity index is 2.21. The van der Waals surface area contributed by atoms with Crippen LogP contribution in [-0.4, -0.2) is 24.7 Å². The number of nitrogens with zero attached hydrogens (tertiary/aromatic N) is 1. The summed E-state index contributed by atoms with van der Waals surface area (Å²) in [5.74, 6) is -1.32. The molecule has 0 saturated carbocycles. The average Bonchev–Trinajstić information content (AvgIpc) is 2.91. The molecule has 1 amide bonds. The molecule has 8 heteroatoms. The van der Waals surface area contributed by atoms with Crippen LogP contribution in [0.15, 0.2) is 34.9 Å². The lowest BCUT2D eigenvalue weighted by Gasteiger charge is -2.18. The minimum atomic E-state index is -3.94. The predicted molar refractivity (Wildman–Crippen MR) is 83.1 cm³/mol. The number of rotatable bonds is 5. The van der Waals surface area contributed by atoms with Gasteiger partial charge in [-0.3, -0.25) is 10.1 Å². The molecule has 0 aliphatic carbocycles. The van der Waals surface area contributed by atoms with Gasteiger partial charge in [-0.15, -0.1) is 0 Å². The number of anilines is 1. The quantitative estimate of drug-likeness (QED) is 0.904. The van der Waals surface area contributed by atoms with Crippen LogP contribution >= 0.6 is 0 Å². The fraction of sp³-hybridized carbons (Fsp3) is 0.333. The van der Waals surface area contributed by atoms with Crippen molar-refractivity contribution in [1.82, 2.24) is 5.16 Å². The van der Waals surface area contributed by atoms with Crippen molar-refractivity contribution in [2.24, 2.45) is 0 Å². The number of amides is 1. The van der Waals surface area contributed by atoms with Gasteiger partial charge in [0.05, 0.1) is 10.9 Å². The van der Waals surface area contributed by atoms with E-state index in [4.69, 9.17) is 4.52 Å². The van der Waals surface area contributed by atoms with Gasteiger partial charge in [0, 0.05) is 11.6 Å². The van der Waals surface area contributed by atoms with Crippen molar-refractivity contribution in [3.8, 4) is 0 Å². The van der Waals surface area contributed by atoms with Gasteiger partial charge in [0.1, 0.15) is 11.1 Å². The molecule has 23 heavy (non-hydrogen) atoms. The first-order valence-corrected chi connectivity index (χ1v) is 8.55. The minimum Gasteiger partial charge on any atom is -0.338 e. The summed E-state index contributed by atoms with van der Waals surface area (Å²) in [6.07, 6.45) is 0. The predicted octanol–water partition coefficient (Wildman–Crippen LogP) is 2.63. The van der Waals surface area contributed by atoms with E-state index in [0.717, 1.165) is 0 Å². The Hall–Kier alpha value is -2.22. The lowest BCUT2D eigenvalue weighted by molar-refractivity contribution is -0.115. The summed E-state index contributed by atoms with van der Waals surface area (Å²) in [5.41, 5.74) is 0.582. The lowest BCUT2D eigenvalue weighted by atomic mass is 10.1. The Labute approximate surface area is 133 Å². The van der Waals surface area contributed by atoms with E-state index in [1.807, 2.05) is 0 Å². The van der Waals surface area contributed by atoms with E-state index in [9.17, 15) is 17.6 Å². The molecule has 0 fully saturated rings. The van der Waals surface area contributed by atoms with Crippen LogP contribution in [0.5, 0.6) is 0 Å². The molecule has 2 aromatic rings. The molecular formula is C15H17FN2O4S. The van der Waals surface area contributed by atoms with Gasteiger partial charge < -0.3 is 4.52 Å². The molecule has 124 valence electrons. The summed E-state index contributed by atoms with van der Waals surface area (Å²) < 4.78 is 43.7. The van der Waals surface area contributed by atoms with Crippen molar-refractivity contribution in [2.75, 3.05) is 5.32 Å². The van der Waals surface area contributed by atoms with E-state index in [1.165, 1.54) is 38.1 Å². The van der Waals surface area contributed by atoms with Crippen molar-refractivity contribution in [3.63, 3.8) is 0 Å². The fourth-order valence-corrected chi connectivity index (χ4v) is 3.60. The van der Waals surface area contributed by atoms with Crippen LogP contribution in [0.2, 0.25) is 0 Å². The molecule has 2 atom stereocenters. The van der Waals surface area contributed by atoms with Crippen LogP contribution in [0.25, 0.3) is 0 Å². The Bertz CT molecular complexity index is 816. The number of hydrogen-bond donors (Lipinski definition) is 1. The van der Waals surface area contributed by atoms with Crippen LogP contribution in [0.1, 0.15) is 30.4 Å². The molecule has 1 N–H and O–H groups in total. The third-order valence-corrected chi connectivity index (χ3v) is 6.01. The first kappa shape index (κ1) is 17.1. The smallest absolute Gasteiger partial charge is 0.244 e. The number of halogens is 1. The first-order chi connectivity index (χ1) is 10.7. The SMILES string of the molecule is Cc1cc(NC(=O)C(C)S(=O)(=O)C(C)c2ccccc2F)on1. The fourth-order valence-electron chi connectivity index (χ4n) is 2.08. The summed E-state index contributed by atoms with van der Waals surface area (Å²) in [4.78, 5) is 12.1.